The molecule has 0 aliphatic carbocycles. The van der Waals surface area contributed by atoms with Crippen LogP contribution in [0, 0.1) is 0 Å². The first-order valence-corrected chi connectivity index (χ1v) is 6.39. The van der Waals surface area contributed by atoms with Crippen molar-refractivity contribution in [1.29, 1.82) is 0 Å². The molecular weight excluding hydrogens is 248 g/mol. The summed E-state index contributed by atoms with van der Waals surface area (Å²) < 4.78 is 0. The summed E-state index contributed by atoms with van der Waals surface area (Å²) in [5.41, 5.74) is 6.32. The molecule has 2 rings (SSSR count). The standard InChI is InChI=1S/C13H16N2O2S/c14-12(16)11(9-5-2-1-3-6-9)15-8-4-7-10(15)13(17)18/h1-3,5-6,10-11H,4,7-8H2,(H2,14,16)(H,17,18)/t10-,11?/m0/s1. The minimum atomic E-state index is -0.546. The molecule has 0 aromatic heterocycles. The highest BCUT2D eigenvalue weighted by atomic mass is 32.1. The van der Waals surface area contributed by atoms with Crippen LogP contribution in [0.5, 0.6) is 0 Å². The number of likely N-dealkylation sites (tertiary alicyclic amines) is 1. The fourth-order valence-electron chi connectivity index (χ4n) is 2.52. The molecular formula is C13H16N2O2S. The number of hydrogen-bond acceptors (Lipinski definition) is 3. The van der Waals surface area contributed by atoms with E-state index in [4.69, 9.17) is 5.73 Å². The molecule has 1 aromatic carbocycles. The number of rotatable bonds is 4. The lowest BCUT2D eigenvalue weighted by Gasteiger charge is -2.29. The number of hydrogen-bond donors (Lipinski definition) is 2. The van der Waals surface area contributed by atoms with Crippen molar-refractivity contribution in [3.8, 4) is 0 Å². The Morgan fingerprint density at radius 3 is 2.56 bits per heavy atom. The van der Waals surface area contributed by atoms with E-state index in [1.165, 1.54) is 0 Å². The summed E-state index contributed by atoms with van der Waals surface area (Å²) in [7, 11) is 0. The summed E-state index contributed by atoms with van der Waals surface area (Å²) in [6.45, 7) is 0.694. The molecule has 1 aromatic rings. The van der Waals surface area contributed by atoms with Crippen molar-refractivity contribution in [3.05, 3.63) is 35.9 Å². The van der Waals surface area contributed by atoms with Crippen molar-refractivity contribution in [1.82, 2.24) is 4.90 Å². The molecule has 1 aliphatic heterocycles. The van der Waals surface area contributed by atoms with Crippen molar-refractivity contribution < 1.29 is 9.59 Å². The predicted molar refractivity (Wildman–Crippen MR) is 72.1 cm³/mol. The zero-order valence-corrected chi connectivity index (χ0v) is 10.8. The lowest BCUT2D eigenvalue weighted by Crippen LogP contribution is -2.43. The molecule has 1 saturated heterocycles. The molecule has 2 N–H and O–H groups in total. The number of thiol groups is 1. The van der Waals surface area contributed by atoms with E-state index in [2.05, 4.69) is 12.6 Å². The van der Waals surface area contributed by atoms with E-state index in [1.807, 2.05) is 35.2 Å². The van der Waals surface area contributed by atoms with Gasteiger partial charge in [0.25, 0.3) is 0 Å². The molecule has 1 aliphatic rings. The van der Waals surface area contributed by atoms with Crippen molar-refractivity contribution in [2.45, 2.75) is 24.9 Å². The van der Waals surface area contributed by atoms with Crippen molar-refractivity contribution in [2.75, 3.05) is 6.54 Å². The van der Waals surface area contributed by atoms with Gasteiger partial charge in [0, 0.05) is 6.54 Å². The first kappa shape index (κ1) is 13.1. The zero-order chi connectivity index (χ0) is 13.1. The summed E-state index contributed by atoms with van der Waals surface area (Å²) in [6, 6.07) is 8.45. The molecule has 1 heterocycles. The Hall–Kier alpha value is -1.33. The van der Waals surface area contributed by atoms with Gasteiger partial charge in [0.2, 0.25) is 11.0 Å². The summed E-state index contributed by atoms with van der Waals surface area (Å²) in [5, 5.41) is -0.199. The first-order chi connectivity index (χ1) is 8.61. The minimum absolute atomic E-state index is 0.199. The second kappa shape index (κ2) is 5.54. The van der Waals surface area contributed by atoms with Gasteiger partial charge in [-0.05, 0) is 18.4 Å². The summed E-state index contributed by atoms with van der Waals surface area (Å²) >= 11 is 3.90. The summed E-state index contributed by atoms with van der Waals surface area (Å²) in [5.74, 6) is -0.428. The van der Waals surface area contributed by atoms with Gasteiger partial charge in [-0.2, -0.15) is 0 Å². The second-order valence-corrected chi connectivity index (χ2v) is 4.89. The largest absolute Gasteiger partial charge is 0.368 e. The van der Waals surface area contributed by atoms with Crippen LogP contribution in [0.1, 0.15) is 24.4 Å². The van der Waals surface area contributed by atoms with Gasteiger partial charge in [0.15, 0.2) is 0 Å². The molecule has 1 fully saturated rings. The topological polar surface area (TPSA) is 63.4 Å². The summed E-state index contributed by atoms with van der Waals surface area (Å²) in [6.07, 6.45) is 1.62. The third-order valence-electron chi connectivity index (χ3n) is 3.30. The average Bonchev–Trinajstić information content (AvgIpc) is 2.79. The van der Waals surface area contributed by atoms with Gasteiger partial charge in [-0.1, -0.05) is 30.3 Å². The Labute approximate surface area is 112 Å². The van der Waals surface area contributed by atoms with E-state index in [1.54, 1.807) is 0 Å². The molecule has 5 heteroatoms. The number of amides is 1. The zero-order valence-electron chi connectivity index (χ0n) is 9.95. The van der Waals surface area contributed by atoms with Crippen LogP contribution in [-0.4, -0.2) is 28.5 Å². The second-order valence-electron chi connectivity index (χ2n) is 4.45. The first-order valence-electron chi connectivity index (χ1n) is 5.94. The maximum absolute atomic E-state index is 11.7. The normalized spacial score (nSPS) is 21.7. The van der Waals surface area contributed by atoms with E-state index < -0.39 is 11.9 Å². The number of primary amides is 1. The van der Waals surface area contributed by atoms with E-state index in [9.17, 15) is 9.59 Å². The Morgan fingerprint density at radius 2 is 2.00 bits per heavy atom. The van der Waals surface area contributed by atoms with E-state index >= 15 is 0 Å². The molecule has 4 nitrogen and oxygen atoms in total. The average molecular weight is 264 g/mol. The number of nitrogens with zero attached hydrogens (tertiary/aromatic N) is 1. The lowest BCUT2D eigenvalue weighted by atomic mass is 10.0. The third-order valence-corrected chi connectivity index (χ3v) is 3.59. The number of nitrogens with two attached hydrogens (primary N) is 1. The fraction of sp³-hybridized carbons (Fsp3) is 0.385. The molecule has 0 spiro atoms. The van der Waals surface area contributed by atoms with Crippen LogP contribution >= 0.6 is 12.6 Å². The highest BCUT2D eigenvalue weighted by Crippen LogP contribution is 2.30. The van der Waals surface area contributed by atoms with Crippen LogP contribution in [0.4, 0.5) is 0 Å². The number of carbonyl (C=O) groups excluding carboxylic acids is 2. The van der Waals surface area contributed by atoms with Gasteiger partial charge in [-0.3, -0.25) is 14.5 Å². The fourth-order valence-corrected chi connectivity index (χ4v) is 2.80. The Bertz CT molecular complexity index is 450. The molecule has 0 saturated carbocycles. The van der Waals surface area contributed by atoms with Crippen LogP contribution in [0.15, 0.2) is 30.3 Å². The number of benzene rings is 1. The lowest BCUT2D eigenvalue weighted by molar-refractivity contribution is -0.125. The Kier molecular flexibility index (Phi) is 4.04. The van der Waals surface area contributed by atoms with Crippen molar-refractivity contribution >= 4 is 23.7 Å². The summed E-state index contributed by atoms with van der Waals surface area (Å²) in [4.78, 5) is 25.0. The van der Waals surface area contributed by atoms with Crippen LogP contribution in [0.3, 0.4) is 0 Å². The van der Waals surface area contributed by atoms with Gasteiger partial charge >= 0.3 is 0 Å². The molecule has 1 unspecified atom stereocenters. The Morgan fingerprint density at radius 1 is 1.33 bits per heavy atom. The highest BCUT2D eigenvalue weighted by Gasteiger charge is 2.37. The molecule has 96 valence electrons. The molecule has 0 radical (unpaired) electrons. The smallest absolute Gasteiger partial charge is 0.239 e. The maximum atomic E-state index is 11.7. The Balaban J connectivity index is 2.31. The van der Waals surface area contributed by atoms with Crippen molar-refractivity contribution in [3.63, 3.8) is 0 Å². The van der Waals surface area contributed by atoms with Gasteiger partial charge in [0.05, 0.1) is 6.04 Å². The number of carbonyl (C=O) groups is 2. The molecule has 2 atom stereocenters. The van der Waals surface area contributed by atoms with Gasteiger partial charge in [-0.25, -0.2) is 0 Å². The highest BCUT2D eigenvalue weighted by molar-refractivity contribution is 7.96. The van der Waals surface area contributed by atoms with E-state index in [0.717, 1.165) is 18.4 Å². The minimum Gasteiger partial charge on any atom is -0.368 e. The quantitative estimate of drug-likeness (QED) is 0.801. The van der Waals surface area contributed by atoms with Gasteiger partial charge < -0.3 is 5.73 Å². The van der Waals surface area contributed by atoms with E-state index in [-0.39, 0.29) is 11.2 Å². The molecule has 18 heavy (non-hydrogen) atoms. The third kappa shape index (κ3) is 2.57. The van der Waals surface area contributed by atoms with Gasteiger partial charge in [0.1, 0.15) is 6.04 Å². The maximum Gasteiger partial charge on any atom is 0.239 e. The molecule has 0 bridgehead atoms. The predicted octanol–water partition coefficient (Wildman–Crippen LogP) is 1.13. The SMILES string of the molecule is NC(=O)C(c1ccccc1)N1CCC[C@H]1C(=O)S. The van der Waals surface area contributed by atoms with Crippen LogP contribution in [-0.2, 0) is 9.59 Å². The molecule has 1 amide bonds. The van der Waals surface area contributed by atoms with Crippen LogP contribution in [0.2, 0.25) is 0 Å². The van der Waals surface area contributed by atoms with E-state index in [0.29, 0.717) is 6.54 Å². The van der Waals surface area contributed by atoms with Gasteiger partial charge in [-0.15, -0.1) is 12.6 Å². The van der Waals surface area contributed by atoms with Crippen molar-refractivity contribution in [2.24, 2.45) is 5.73 Å². The van der Waals surface area contributed by atoms with Crippen LogP contribution in [0.25, 0.3) is 0 Å². The van der Waals surface area contributed by atoms with Crippen LogP contribution < -0.4 is 5.73 Å². The monoisotopic (exact) mass is 264 g/mol.